The molecule has 0 aliphatic carbocycles. The molecule has 3 rings (SSSR count). The lowest BCUT2D eigenvalue weighted by atomic mass is 9.87. The highest BCUT2D eigenvalue weighted by Gasteiger charge is 2.47. The van der Waals surface area contributed by atoms with Gasteiger partial charge in [-0.15, -0.1) is 0 Å². The zero-order chi connectivity index (χ0) is 14.3. The molecule has 1 aliphatic rings. The quantitative estimate of drug-likeness (QED) is 0.642. The number of anilines is 1. The third kappa shape index (κ3) is 1.59. The number of carbonyl (C=O) groups is 1. The van der Waals surface area contributed by atoms with E-state index in [0.717, 1.165) is 0 Å². The highest BCUT2D eigenvalue weighted by atomic mass is 16.6. The van der Waals surface area contributed by atoms with Gasteiger partial charge in [0.15, 0.2) is 5.60 Å². The molecule has 1 aliphatic heterocycles. The van der Waals surface area contributed by atoms with Gasteiger partial charge in [-0.1, -0.05) is 30.3 Å². The zero-order valence-corrected chi connectivity index (χ0v) is 10.2. The number of amides is 1. The van der Waals surface area contributed by atoms with Crippen LogP contribution in [0, 0.1) is 10.1 Å². The fourth-order valence-corrected chi connectivity index (χ4v) is 2.36. The third-order valence-corrected chi connectivity index (χ3v) is 3.37. The molecular weight excluding hydrogens is 260 g/mol. The van der Waals surface area contributed by atoms with E-state index in [1.165, 1.54) is 18.2 Å². The SMILES string of the molecule is O=C1Nc2ccc([N+](=O)[O-])cc2C1(O)c1ccccc1. The Morgan fingerprint density at radius 1 is 1.15 bits per heavy atom. The molecule has 0 radical (unpaired) electrons. The van der Waals surface area contributed by atoms with E-state index >= 15 is 0 Å². The molecule has 6 nitrogen and oxygen atoms in total. The molecule has 2 N–H and O–H groups in total. The van der Waals surface area contributed by atoms with Gasteiger partial charge < -0.3 is 10.4 Å². The number of carbonyl (C=O) groups excluding carboxylic acids is 1. The van der Waals surface area contributed by atoms with Gasteiger partial charge >= 0.3 is 0 Å². The number of non-ortho nitro benzene ring substituents is 1. The van der Waals surface area contributed by atoms with Gasteiger partial charge in [0.1, 0.15) is 0 Å². The Morgan fingerprint density at radius 2 is 1.85 bits per heavy atom. The van der Waals surface area contributed by atoms with Crippen LogP contribution >= 0.6 is 0 Å². The number of nitrogens with zero attached hydrogens (tertiary/aromatic N) is 1. The van der Waals surface area contributed by atoms with Crippen LogP contribution in [0.2, 0.25) is 0 Å². The van der Waals surface area contributed by atoms with Crippen LogP contribution in [0.25, 0.3) is 0 Å². The number of hydrogen-bond donors (Lipinski definition) is 2. The molecule has 20 heavy (non-hydrogen) atoms. The maximum atomic E-state index is 12.1. The number of fused-ring (bicyclic) bond motifs is 1. The summed E-state index contributed by atoms with van der Waals surface area (Å²) in [6.07, 6.45) is 0. The van der Waals surface area contributed by atoms with Crippen molar-refractivity contribution in [3.05, 3.63) is 69.8 Å². The van der Waals surface area contributed by atoms with Crippen molar-refractivity contribution in [3.8, 4) is 0 Å². The second-order valence-corrected chi connectivity index (χ2v) is 4.52. The predicted molar refractivity (Wildman–Crippen MR) is 71.2 cm³/mol. The Labute approximate surface area is 113 Å². The summed E-state index contributed by atoms with van der Waals surface area (Å²) in [5, 5.41) is 24.1. The van der Waals surface area contributed by atoms with Crippen LogP contribution in [-0.4, -0.2) is 15.9 Å². The number of nitrogens with one attached hydrogen (secondary N) is 1. The lowest BCUT2D eigenvalue weighted by molar-refractivity contribution is -0.385. The summed E-state index contributed by atoms with van der Waals surface area (Å²) in [5.41, 5.74) is -1.12. The molecule has 0 saturated heterocycles. The summed E-state index contributed by atoms with van der Waals surface area (Å²) in [7, 11) is 0. The number of nitro groups is 1. The molecule has 0 bridgehead atoms. The normalized spacial score (nSPS) is 20.4. The first-order valence-electron chi connectivity index (χ1n) is 5.92. The van der Waals surface area contributed by atoms with Crippen LogP contribution in [0.15, 0.2) is 48.5 Å². The predicted octanol–water partition coefficient (Wildman–Crippen LogP) is 1.78. The standard InChI is InChI=1S/C14H10N2O4/c17-13-14(18,9-4-2-1-3-5-9)11-8-10(16(19)20)6-7-12(11)15-13/h1-8,18H,(H,15,17). The van der Waals surface area contributed by atoms with Crippen LogP contribution in [0.1, 0.15) is 11.1 Å². The van der Waals surface area contributed by atoms with E-state index in [4.69, 9.17) is 0 Å². The Balaban J connectivity index is 2.23. The molecule has 0 saturated carbocycles. The molecule has 0 spiro atoms. The highest BCUT2D eigenvalue weighted by molar-refractivity contribution is 6.07. The van der Waals surface area contributed by atoms with Gasteiger partial charge in [0.05, 0.1) is 4.92 Å². The Kier molecular flexibility index (Phi) is 2.55. The van der Waals surface area contributed by atoms with Gasteiger partial charge in [-0.2, -0.15) is 0 Å². The third-order valence-electron chi connectivity index (χ3n) is 3.37. The molecule has 1 heterocycles. The second-order valence-electron chi connectivity index (χ2n) is 4.52. The summed E-state index contributed by atoms with van der Waals surface area (Å²) >= 11 is 0. The molecule has 1 unspecified atom stereocenters. The summed E-state index contributed by atoms with van der Waals surface area (Å²) in [6, 6.07) is 12.3. The van der Waals surface area contributed by atoms with Crippen LogP contribution in [0.3, 0.4) is 0 Å². The van der Waals surface area contributed by atoms with Crippen molar-refractivity contribution < 1.29 is 14.8 Å². The fraction of sp³-hybridized carbons (Fsp3) is 0.0714. The number of aliphatic hydroxyl groups is 1. The Hall–Kier alpha value is -2.73. The molecule has 1 atom stereocenters. The second kappa shape index (κ2) is 4.14. The minimum absolute atomic E-state index is 0.172. The van der Waals surface area contributed by atoms with Crippen LogP contribution in [0.5, 0.6) is 0 Å². The van der Waals surface area contributed by atoms with Gasteiger partial charge in [-0.25, -0.2) is 0 Å². The first-order valence-corrected chi connectivity index (χ1v) is 5.92. The van der Waals surface area contributed by atoms with Gasteiger partial charge in [0, 0.05) is 23.4 Å². The maximum Gasteiger partial charge on any atom is 0.269 e. The molecule has 0 aromatic heterocycles. The monoisotopic (exact) mass is 270 g/mol. The fourth-order valence-electron chi connectivity index (χ4n) is 2.36. The molecule has 2 aromatic rings. The van der Waals surface area contributed by atoms with Crippen molar-refractivity contribution in [1.29, 1.82) is 0 Å². The molecular formula is C14H10N2O4. The van der Waals surface area contributed by atoms with Crippen LogP contribution in [0.4, 0.5) is 11.4 Å². The Bertz CT molecular complexity index is 714. The number of benzene rings is 2. The number of rotatable bonds is 2. The summed E-state index contributed by atoms with van der Waals surface area (Å²) < 4.78 is 0. The average molecular weight is 270 g/mol. The lowest BCUT2D eigenvalue weighted by Gasteiger charge is -2.21. The van der Waals surface area contributed by atoms with Crippen molar-refractivity contribution in [1.82, 2.24) is 0 Å². The highest BCUT2D eigenvalue weighted by Crippen LogP contribution is 2.42. The van der Waals surface area contributed by atoms with Crippen molar-refractivity contribution in [2.24, 2.45) is 0 Å². The van der Waals surface area contributed by atoms with E-state index in [0.29, 0.717) is 11.3 Å². The molecule has 0 fully saturated rings. The first kappa shape index (κ1) is 12.3. The van der Waals surface area contributed by atoms with Crippen molar-refractivity contribution >= 4 is 17.3 Å². The van der Waals surface area contributed by atoms with Gasteiger partial charge in [-0.3, -0.25) is 14.9 Å². The molecule has 2 aromatic carbocycles. The van der Waals surface area contributed by atoms with E-state index < -0.39 is 16.4 Å². The minimum Gasteiger partial charge on any atom is -0.372 e. The van der Waals surface area contributed by atoms with E-state index in [-0.39, 0.29) is 11.3 Å². The van der Waals surface area contributed by atoms with E-state index in [2.05, 4.69) is 5.32 Å². The lowest BCUT2D eigenvalue weighted by Crippen LogP contribution is -2.35. The molecule has 6 heteroatoms. The summed E-state index contributed by atoms with van der Waals surface area (Å²) in [6.45, 7) is 0. The molecule has 100 valence electrons. The van der Waals surface area contributed by atoms with Crippen molar-refractivity contribution in [2.45, 2.75) is 5.60 Å². The summed E-state index contributed by atoms with van der Waals surface area (Å²) in [4.78, 5) is 22.4. The van der Waals surface area contributed by atoms with E-state index in [9.17, 15) is 20.0 Å². The largest absolute Gasteiger partial charge is 0.372 e. The smallest absolute Gasteiger partial charge is 0.269 e. The summed E-state index contributed by atoms with van der Waals surface area (Å²) in [5.74, 6) is -0.612. The zero-order valence-electron chi connectivity index (χ0n) is 10.2. The van der Waals surface area contributed by atoms with Crippen LogP contribution in [-0.2, 0) is 10.4 Å². The number of hydrogen-bond acceptors (Lipinski definition) is 4. The Morgan fingerprint density at radius 3 is 2.50 bits per heavy atom. The minimum atomic E-state index is -1.90. The van der Waals surface area contributed by atoms with Crippen LogP contribution < -0.4 is 5.32 Å². The molecule has 1 amide bonds. The van der Waals surface area contributed by atoms with E-state index in [1.807, 2.05) is 0 Å². The van der Waals surface area contributed by atoms with Gasteiger partial charge in [-0.05, 0) is 11.6 Å². The van der Waals surface area contributed by atoms with Crippen molar-refractivity contribution in [2.75, 3.05) is 5.32 Å². The van der Waals surface area contributed by atoms with Gasteiger partial charge in [0.25, 0.3) is 11.6 Å². The maximum absolute atomic E-state index is 12.1. The van der Waals surface area contributed by atoms with Gasteiger partial charge in [0.2, 0.25) is 0 Å². The topological polar surface area (TPSA) is 92.5 Å². The average Bonchev–Trinajstić information content (AvgIpc) is 2.72. The number of nitro benzene ring substituents is 1. The van der Waals surface area contributed by atoms with Crippen molar-refractivity contribution in [3.63, 3.8) is 0 Å². The van der Waals surface area contributed by atoms with E-state index in [1.54, 1.807) is 30.3 Å². The first-order chi connectivity index (χ1) is 9.53.